The second-order valence-electron chi connectivity index (χ2n) is 9.01. The van der Waals surface area contributed by atoms with Gasteiger partial charge in [0.25, 0.3) is 0 Å². The lowest BCUT2D eigenvalue weighted by Crippen LogP contribution is -2.48. The fraction of sp³-hybridized carbons (Fsp3) is 0.522. The van der Waals surface area contributed by atoms with Crippen molar-refractivity contribution in [3.05, 3.63) is 47.4 Å². The molecule has 2 aromatic rings. The van der Waals surface area contributed by atoms with Crippen molar-refractivity contribution in [1.82, 2.24) is 14.9 Å². The van der Waals surface area contributed by atoms with Crippen LogP contribution in [0.4, 0.5) is 14.6 Å². The van der Waals surface area contributed by atoms with E-state index in [1.807, 2.05) is 6.92 Å². The van der Waals surface area contributed by atoms with E-state index in [2.05, 4.69) is 15.6 Å². The highest BCUT2D eigenvalue weighted by molar-refractivity contribution is 5.94. The molecule has 0 aliphatic heterocycles. The van der Waals surface area contributed by atoms with Crippen molar-refractivity contribution in [2.45, 2.75) is 76.9 Å². The average Bonchev–Trinajstić information content (AvgIpc) is 3.16. The summed E-state index contributed by atoms with van der Waals surface area (Å²) in [7, 11) is 0. The molecule has 0 saturated carbocycles. The van der Waals surface area contributed by atoms with Gasteiger partial charge >= 0.3 is 5.97 Å². The van der Waals surface area contributed by atoms with Crippen molar-refractivity contribution >= 4 is 17.7 Å². The van der Waals surface area contributed by atoms with Crippen LogP contribution in [0, 0.1) is 11.6 Å². The maximum Gasteiger partial charge on any atom is 0.305 e. The number of aryl methyl sites for hydroxylation is 1. The summed E-state index contributed by atoms with van der Waals surface area (Å²) in [6.45, 7) is 5.53. The lowest BCUT2D eigenvalue weighted by Gasteiger charge is -2.29. The zero-order valence-corrected chi connectivity index (χ0v) is 18.6. The Morgan fingerprint density at radius 2 is 2.09 bits per heavy atom. The number of hydrogen-bond donors (Lipinski definition) is 3. The molecule has 0 bridgehead atoms. The Balaban J connectivity index is 1.66. The summed E-state index contributed by atoms with van der Waals surface area (Å²) >= 11 is 0. The summed E-state index contributed by atoms with van der Waals surface area (Å²) in [5.41, 5.74) is 0.499. The standard InChI is InChI=1S/C23H30F2N4O3/c1-4-5-19(27-16-7-6-14-8-15(24)9-18(25)17(14)10-16)22(32)28-20-12-29(13-26-20)23(2,3)11-21(30)31/h8-9,12-13,16,19,27H,4-7,10-11H2,1-3H3,(H,28,32)(H,30,31). The lowest BCUT2D eigenvalue weighted by molar-refractivity contribution is -0.139. The Morgan fingerprint density at radius 3 is 2.78 bits per heavy atom. The van der Waals surface area contributed by atoms with Crippen LogP contribution in [0.25, 0.3) is 0 Å². The van der Waals surface area contributed by atoms with E-state index >= 15 is 0 Å². The van der Waals surface area contributed by atoms with Gasteiger partial charge in [-0.3, -0.25) is 9.59 Å². The molecule has 32 heavy (non-hydrogen) atoms. The number of fused-ring (bicyclic) bond motifs is 1. The number of aromatic nitrogens is 2. The molecule has 3 rings (SSSR count). The first-order chi connectivity index (χ1) is 15.1. The molecule has 1 aromatic heterocycles. The van der Waals surface area contributed by atoms with Crippen LogP contribution in [0.5, 0.6) is 0 Å². The van der Waals surface area contributed by atoms with E-state index in [4.69, 9.17) is 5.11 Å². The van der Waals surface area contributed by atoms with Gasteiger partial charge < -0.3 is 20.3 Å². The first-order valence-corrected chi connectivity index (χ1v) is 10.9. The number of carboxylic acids is 1. The molecular formula is C23H30F2N4O3. The summed E-state index contributed by atoms with van der Waals surface area (Å²) in [6.07, 6.45) is 6.02. The van der Waals surface area contributed by atoms with E-state index in [0.29, 0.717) is 42.6 Å². The number of nitrogens with one attached hydrogen (secondary N) is 2. The van der Waals surface area contributed by atoms with E-state index in [1.54, 1.807) is 24.6 Å². The van der Waals surface area contributed by atoms with Crippen molar-refractivity contribution in [2.24, 2.45) is 0 Å². The van der Waals surface area contributed by atoms with Crippen molar-refractivity contribution in [3.63, 3.8) is 0 Å². The maximum absolute atomic E-state index is 14.2. The maximum atomic E-state index is 14.2. The molecule has 1 heterocycles. The van der Waals surface area contributed by atoms with Crippen LogP contribution >= 0.6 is 0 Å². The number of benzene rings is 1. The summed E-state index contributed by atoms with van der Waals surface area (Å²) in [6, 6.07) is 1.69. The van der Waals surface area contributed by atoms with Crippen LogP contribution < -0.4 is 10.6 Å². The molecule has 3 N–H and O–H groups in total. The van der Waals surface area contributed by atoms with Gasteiger partial charge in [-0.2, -0.15) is 0 Å². The smallest absolute Gasteiger partial charge is 0.305 e. The van der Waals surface area contributed by atoms with Crippen molar-refractivity contribution in [3.8, 4) is 0 Å². The molecule has 0 spiro atoms. The Morgan fingerprint density at radius 1 is 1.34 bits per heavy atom. The van der Waals surface area contributed by atoms with Gasteiger partial charge in [0.2, 0.25) is 5.91 Å². The zero-order chi connectivity index (χ0) is 23.5. The monoisotopic (exact) mass is 448 g/mol. The van der Waals surface area contributed by atoms with Gasteiger partial charge in [0, 0.05) is 18.3 Å². The fourth-order valence-electron chi connectivity index (χ4n) is 4.19. The fourth-order valence-corrected chi connectivity index (χ4v) is 4.19. The molecule has 7 nitrogen and oxygen atoms in total. The molecular weight excluding hydrogens is 418 g/mol. The minimum atomic E-state index is -0.922. The number of nitrogens with zero attached hydrogens (tertiary/aromatic N) is 2. The summed E-state index contributed by atoms with van der Waals surface area (Å²) in [4.78, 5) is 28.2. The number of carbonyl (C=O) groups excluding carboxylic acids is 1. The highest BCUT2D eigenvalue weighted by atomic mass is 19.1. The number of imidazole rings is 1. The summed E-state index contributed by atoms with van der Waals surface area (Å²) in [5.74, 6) is -1.94. The number of carboxylic acid groups (broad SMARTS) is 1. The number of halogens is 2. The van der Waals surface area contributed by atoms with E-state index in [-0.39, 0.29) is 18.4 Å². The SMILES string of the molecule is CCCC(NC1CCc2cc(F)cc(F)c2C1)C(=O)Nc1cn(C(C)(C)CC(=O)O)cn1. The largest absolute Gasteiger partial charge is 0.481 e. The predicted octanol–water partition coefficient (Wildman–Crippen LogP) is 3.63. The van der Waals surface area contributed by atoms with Crippen LogP contribution in [0.2, 0.25) is 0 Å². The molecule has 1 aliphatic rings. The zero-order valence-electron chi connectivity index (χ0n) is 18.6. The van der Waals surface area contributed by atoms with E-state index in [0.717, 1.165) is 12.5 Å². The number of hydrogen-bond acceptors (Lipinski definition) is 4. The molecule has 2 unspecified atom stereocenters. The van der Waals surface area contributed by atoms with Crippen molar-refractivity contribution < 1.29 is 23.5 Å². The topological polar surface area (TPSA) is 96.2 Å². The van der Waals surface area contributed by atoms with Gasteiger partial charge in [0.1, 0.15) is 11.6 Å². The molecule has 1 aliphatic carbocycles. The first-order valence-electron chi connectivity index (χ1n) is 10.9. The van der Waals surface area contributed by atoms with E-state index in [1.165, 1.54) is 12.4 Å². The molecule has 2 atom stereocenters. The number of anilines is 1. The Bertz CT molecular complexity index is 990. The minimum Gasteiger partial charge on any atom is -0.481 e. The van der Waals surface area contributed by atoms with Gasteiger partial charge in [0.15, 0.2) is 5.82 Å². The van der Waals surface area contributed by atoms with Gasteiger partial charge in [-0.15, -0.1) is 0 Å². The molecule has 1 amide bonds. The Kier molecular flexibility index (Phi) is 7.28. The molecule has 9 heteroatoms. The van der Waals surface area contributed by atoms with Gasteiger partial charge in [-0.05, 0) is 56.7 Å². The van der Waals surface area contributed by atoms with Crippen molar-refractivity contribution in [2.75, 3.05) is 5.32 Å². The third-order valence-electron chi connectivity index (χ3n) is 5.91. The molecule has 0 radical (unpaired) electrons. The van der Waals surface area contributed by atoms with Crippen LogP contribution in [-0.4, -0.2) is 38.6 Å². The second-order valence-corrected chi connectivity index (χ2v) is 9.01. The van der Waals surface area contributed by atoms with Gasteiger partial charge in [-0.25, -0.2) is 13.8 Å². The normalized spacial score (nSPS) is 17.0. The third-order valence-corrected chi connectivity index (χ3v) is 5.91. The van der Waals surface area contributed by atoms with Crippen molar-refractivity contribution in [1.29, 1.82) is 0 Å². The second kappa shape index (κ2) is 9.77. The van der Waals surface area contributed by atoms with Gasteiger partial charge in [0.05, 0.1) is 24.3 Å². The average molecular weight is 449 g/mol. The Hall–Kier alpha value is -2.81. The van der Waals surface area contributed by atoms with Crippen LogP contribution in [0.15, 0.2) is 24.7 Å². The predicted molar refractivity (Wildman–Crippen MR) is 116 cm³/mol. The highest BCUT2D eigenvalue weighted by Crippen LogP contribution is 2.26. The molecule has 174 valence electrons. The molecule has 1 aromatic carbocycles. The minimum absolute atomic E-state index is 0.0830. The number of rotatable bonds is 9. The van der Waals surface area contributed by atoms with Crippen LogP contribution in [0.1, 0.15) is 57.6 Å². The summed E-state index contributed by atoms with van der Waals surface area (Å²) < 4.78 is 29.4. The van der Waals surface area contributed by atoms with Gasteiger partial charge in [-0.1, -0.05) is 13.3 Å². The molecule has 0 saturated heterocycles. The first kappa shape index (κ1) is 23.8. The number of aliphatic carboxylic acids is 1. The number of carbonyl (C=O) groups is 2. The quantitative estimate of drug-likeness (QED) is 0.545. The lowest BCUT2D eigenvalue weighted by atomic mass is 9.87. The van der Waals surface area contributed by atoms with E-state index < -0.39 is 29.2 Å². The number of amides is 1. The Labute approximate surface area is 186 Å². The molecule has 0 fully saturated rings. The van der Waals surface area contributed by atoms with E-state index in [9.17, 15) is 18.4 Å². The third kappa shape index (κ3) is 5.70. The highest BCUT2D eigenvalue weighted by Gasteiger charge is 2.28. The van der Waals surface area contributed by atoms with Crippen LogP contribution in [-0.2, 0) is 28.0 Å². The van der Waals surface area contributed by atoms with Crippen LogP contribution in [0.3, 0.4) is 0 Å². The summed E-state index contributed by atoms with van der Waals surface area (Å²) in [5, 5.41) is 15.2.